The molecule has 0 bridgehead atoms. The first-order valence-corrected chi connectivity index (χ1v) is 7.31. The standard InChI is InChI=1S/C15H30N2O/c1-12(2)16-11-8-14(18)17(5)13-6-9-15(3,4)10-7-13/h12-13,16H,6-11H2,1-5H3. The van der Waals surface area contributed by atoms with Crippen LogP contribution in [-0.2, 0) is 4.79 Å². The molecule has 0 heterocycles. The maximum atomic E-state index is 12.1. The summed E-state index contributed by atoms with van der Waals surface area (Å²) in [6, 6.07) is 0.920. The Labute approximate surface area is 112 Å². The summed E-state index contributed by atoms with van der Waals surface area (Å²) in [7, 11) is 1.97. The van der Waals surface area contributed by atoms with Gasteiger partial charge in [0.1, 0.15) is 0 Å². The molecule has 1 aliphatic rings. The number of rotatable bonds is 5. The van der Waals surface area contributed by atoms with Crippen LogP contribution < -0.4 is 5.32 Å². The van der Waals surface area contributed by atoms with E-state index in [4.69, 9.17) is 0 Å². The Bertz CT molecular complexity index is 264. The van der Waals surface area contributed by atoms with Crippen LogP contribution in [-0.4, -0.2) is 36.5 Å². The number of carbonyl (C=O) groups is 1. The minimum absolute atomic E-state index is 0.285. The van der Waals surface area contributed by atoms with Crippen molar-refractivity contribution in [1.29, 1.82) is 0 Å². The molecular formula is C15H30N2O. The van der Waals surface area contributed by atoms with Crippen LogP contribution in [0.1, 0.15) is 59.8 Å². The predicted molar refractivity (Wildman–Crippen MR) is 76.6 cm³/mol. The van der Waals surface area contributed by atoms with Crippen LogP contribution in [0.15, 0.2) is 0 Å². The third-order valence-corrected chi connectivity index (χ3v) is 4.14. The SMILES string of the molecule is CC(C)NCCC(=O)N(C)C1CCC(C)(C)CC1. The molecule has 1 rings (SSSR count). The van der Waals surface area contributed by atoms with Crippen molar-refractivity contribution in [2.75, 3.05) is 13.6 Å². The van der Waals surface area contributed by atoms with Crippen LogP contribution in [0.5, 0.6) is 0 Å². The van der Waals surface area contributed by atoms with Crippen LogP contribution in [0, 0.1) is 5.41 Å². The topological polar surface area (TPSA) is 32.3 Å². The van der Waals surface area contributed by atoms with E-state index in [0.29, 0.717) is 23.9 Å². The number of carbonyl (C=O) groups excluding carboxylic acids is 1. The first-order chi connectivity index (χ1) is 8.32. The summed E-state index contributed by atoms with van der Waals surface area (Å²) in [5.74, 6) is 0.285. The van der Waals surface area contributed by atoms with E-state index < -0.39 is 0 Å². The third kappa shape index (κ3) is 4.97. The lowest BCUT2D eigenvalue weighted by atomic mass is 9.75. The van der Waals surface area contributed by atoms with Crippen LogP contribution in [0.2, 0.25) is 0 Å². The minimum atomic E-state index is 0.285. The van der Waals surface area contributed by atoms with Gasteiger partial charge in [0.15, 0.2) is 0 Å². The summed E-state index contributed by atoms with van der Waals surface area (Å²) in [5.41, 5.74) is 0.472. The monoisotopic (exact) mass is 254 g/mol. The highest BCUT2D eigenvalue weighted by molar-refractivity contribution is 5.76. The van der Waals surface area contributed by atoms with Crippen molar-refractivity contribution >= 4 is 5.91 Å². The van der Waals surface area contributed by atoms with E-state index >= 15 is 0 Å². The molecule has 0 spiro atoms. The van der Waals surface area contributed by atoms with Crippen LogP contribution in [0.25, 0.3) is 0 Å². The van der Waals surface area contributed by atoms with E-state index in [0.717, 1.165) is 19.4 Å². The van der Waals surface area contributed by atoms with E-state index in [2.05, 4.69) is 33.0 Å². The molecule has 3 nitrogen and oxygen atoms in total. The maximum absolute atomic E-state index is 12.1. The molecule has 18 heavy (non-hydrogen) atoms. The van der Waals surface area contributed by atoms with Crippen LogP contribution in [0.3, 0.4) is 0 Å². The molecule has 0 unspecified atom stereocenters. The van der Waals surface area contributed by atoms with Crippen molar-refractivity contribution in [2.45, 2.75) is 71.9 Å². The number of nitrogens with zero attached hydrogens (tertiary/aromatic N) is 1. The lowest BCUT2D eigenvalue weighted by molar-refractivity contribution is -0.132. The Kier molecular flexibility index (Phi) is 5.64. The van der Waals surface area contributed by atoms with Gasteiger partial charge in [0.2, 0.25) is 5.91 Å². The summed E-state index contributed by atoms with van der Waals surface area (Å²) in [4.78, 5) is 14.1. The highest BCUT2D eigenvalue weighted by atomic mass is 16.2. The molecule has 0 aromatic heterocycles. The van der Waals surface area contributed by atoms with E-state index in [9.17, 15) is 4.79 Å². The van der Waals surface area contributed by atoms with E-state index in [1.807, 2.05) is 11.9 Å². The van der Waals surface area contributed by atoms with Crippen molar-refractivity contribution in [2.24, 2.45) is 5.41 Å². The molecule has 3 heteroatoms. The second kappa shape index (κ2) is 6.55. The molecule has 0 radical (unpaired) electrons. The zero-order valence-electron chi connectivity index (χ0n) is 12.8. The van der Waals surface area contributed by atoms with E-state index in [1.165, 1.54) is 12.8 Å². The molecule has 1 saturated carbocycles. The smallest absolute Gasteiger partial charge is 0.223 e. The van der Waals surface area contributed by atoms with Gasteiger partial charge in [0.05, 0.1) is 0 Å². The van der Waals surface area contributed by atoms with Gasteiger partial charge in [-0.15, -0.1) is 0 Å². The van der Waals surface area contributed by atoms with Crippen LogP contribution >= 0.6 is 0 Å². The zero-order chi connectivity index (χ0) is 13.8. The van der Waals surface area contributed by atoms with Gasteiger partial charge >= 0.3 is 0 Å². The van der Waals surface area contributed by atoms with Gasteiger partial charge in [-0.25, -0.2) is 0 Å². The summed E-state index contributed by atoms with van der Waals surface area (Å²) in [6.45, 7) is 9.67. The summed E-state index contributed by atoms with van der Waals surface area (Å²) in [6.07, 6.45) is 5.41. The Morgan fingerprint density at radius 3 is 2.39 bits per heavy atom. The first kappa shape index (κ1) is 15.5. The van der Waals surface area contributed by atoms with Crippen molar-refractivity contribution in [3.63, 3.8) is 0 Å². The van der Waals surface area contributed by atoms with Crippen molar-refractivity contribution < 1.29 is 4.79 Å². The van der Waals surface area contributed by atoms with Crippen molar-refractivity contribution in [3.8, 4) is 0 Å². The van der Waals surface area contributed by atoms with Gasteiger partial charge < -0.3 is 10.2 Å². The number of amides is 1. The number of nitrogens with one attached hydrogen (secondary N) is 1. The lowest BCUT2D eigenvalue weighted by Gasteiger charge is -2.38. The van der Waals surface area contributed by atoms with Gasteiger partial charge in [-0.2, -0.15) is 0 Å². The molecule has 0 aliphatic heterocycles. The summed E-state index contributed by atoms with van der Waals surface area (Å²) in [5, 5.41) is 3.30. The highest BCUT2D eigenvalue weighted by Crippen LogP contribution is 2.36. The molecular weight excluding hydrogens is 224 g/mol. The number of hydrogen-bond acceptors (Lipinski definition) is 2. The quantitative estimate of drug-likeness (QED) is 0.818. The van der Waals surface area contributed by atoms with Gasteiger partial charge in [-0.1, -0.05) is 27.7 Å². The Morgan fingerprint density at radius 1 is 1.33 bits per heavy atom. The molecule has 1 N–H and O–H groups in total. The maximum Gasteiger partial charge on any atom is 0.223 e. The Balaban J connectivity index is 2.31. The van der Waals surface area contributed by atoms with Crippen molar-refractivity contribution in [1.82, 2.24) is 10.2 Å². The predicted octanol–water partition coefficient (Wildman–Crippen LogP) is 2.80. The largest absolute Gasteiger partial charge is 0.343 e. The average molecular weight is 254 g/mol. The summed E-state index contributed by atoms with van der Waals surface area (Å²) >= 11 is 0. The first-order valence-electron chi connectivity index (χ1n) is 7.31. The number of hydrogen-bond donors (Lipinski definition) is 1. The molecule has 1 amide bonds. The fraction of sp³-hybridized carbons (Fsp3) is 0.933. The lowest BCUT2D eigenvalue weighted by Crippen LogP contribution is -2.42. The zero-order valence-corrected chi connectivity index (χ0v) is 12.8. The second-order valence-corrected chi connectivity index (χ2v) is 6.76. The molecule has 1 fully saturated rings. The average Bonchev–Trinajstić information content (AvgIpc) is 2.27. The molecule has 0 aromatic carbocycles. The van der Waals surface area contributed by atoms with Crippen LogP contribution in [0.4, 0.5) is 0 Å². The normalized spacial score (nSPS) is 20.1. The fourth-order valence-corrected chi connectivity index (χ4v) is 2.62. The molecule has 0 atom stereocenters. The Morgan fingerprint density at radius 2 is 1.89 bits per heavy atom. The Hall–Kier alpha value is -0.570. The second-order valence-electron chi connectivity index (χ2n) is 6.76. The van der Waals surface area contributed by atoms with E-state index in [-0.39, 0.29) is 5.91 Å². The van der Waals surface area contributed by atoms with E-state index in [1.54, 1.807) is 0 Å². The molecule has 106 valence electrons. The van der Waals surface area contributed by atoms with Gasteiger partial charge in [-0.3, -0.25) is 4.79 Å². The summed E-state index contributed by atoms with van der Waals surface area (Å²) < 4.78 is 0. The third-order valence-electron chi connectivity index (χ3n) is 4.14. The molecule has 0 saturated heterocycles. The highest BCUT2D eigenvalue weighted by Gasteiger charge is 2.30. The van der Waals surface area contributed by atoms with Crippen molar-refractivity contribution in [3.05, 3.63) is 0 Å². The van der Waals surface area contributed by atoms with Gasteiger partial charge in [-0.05, 0) is 31.1 Å². The molecule has 1 aliphatic carbocycles. The fourth-order valence-electron chi connectivity index (χ4n) is 2.62. The van der Waals surface area contributed by atoms with Gasteiger partial charge in [0.25, 0.3) is 0 Å². The van der Waals surface area contributed by atoms with Gasteiger partial charge in [0, 0.05) is 32.1 Å². The minimum Gasteiger partial charge on any atom is -0.343 e. The molecule has 0 aromatic rings.